The van der Waals surface area contributed by atoms with Gasteiger partial charge in [-0.3, -0.25) is 4.90 Å². The van der Waals surface area contributed by atoms with Gasteiger partial charge in [0, 0.05) is 6.04 Å². The van der Waals surface area contributed by atoms with Crippen LogP contribution in [-0.4, -0.2) is 35.7 Å². The second-order valence-corrected chi connectivity index (χ2v) is 4.96. The molecule has 1 aliphatic heterocycles. The third-order valence-electron chi connectivity index (χ3n) is 3.71. The fourth-order valence-corrected chi connectivity index (χ4v) is 2.69. The molecule has 94 valence electrons. The number of aryl methyl sites for hydroxylation is 1. The molecule has 0 aromatic heterocycles. The van der Waals surface area contributed by atoms with Crippen molar-refractivity contribution in [2.45, 2.75) is 38.1 Å². The highest BCUT2D eigenvalue weighted by Crippen LogP contribution is 2.17. The van der Waals surface area contributed by atoms with E-state index in [9.17, 15) is 5.11 Å². The molecule has 2 rings (SSSR count). The van der Waals surface area contributed by atoms with Gasteiger partial charge in [0.1, 0.15) is 0 Å². The number of nitrogens with zero attached hydrogens (tertiary/aromatic N) is 1. The second kappa shape index (κ2) is 6.77. The van der Waals surface area contributed by atoms with E-state index >= 15 is 0 Å². The monoisotopic (exact) mass is 233 g/mol. The summed E-state index contributed by atoms with van der Waals surface area (Å²) in [5.74, 6) is 0. The quantitative estimate of drug-likeness (QED) is 0.844. The van der Waals surface area contributed by atoms with Gasteiger partial charge in [-0.05, 0) is 44.3 Å². The molecule has 0 bridgehead atoms. The molecule has 0 amide bonds. The van der Waals surface area contributed by atoms with Crippen molar-refractivity contribution in [1.82, 2.24) is 4.90 Å². The Balaban J connectivity index is 1.74. The number of rotatable bonds is 5. The second-order valence-electron chi connectivity index (χ2n) is 4.96. The van der Waals surface area contributed by atoms with Crippen LogP contribution in [0.4, 0.5) is 0 Å². The molecule has 1 aromatic rings. The molecule has 0 saturated carbocycles. The van der Waals surface area contributed by atoms with Gasteiger partial charge in [-0.15, -0.1) is 0 Å². The Morgan fingerprint density at radius 3 is 2.76 bits per heavy atom. The topological polar surface area (TPSA) is 23.5 Å². The van der Waals surface area contributed by atoms with Gasteiger partial charge in [0.2, 0.25) is 0 Å². The van der Waals surface area contributed by atoms with Crippen LogP contribution >= 0.6 is 0 Å². The molecule has 2 heteroatoms. The number of aliphatic hydroxyl groups excluding tert-OH is 1. The fourth-order valence-electron chi connectivity index (χ4n) is 2.69. The Labute approximate surface area is 104 Å². The van der Waals surface area contributed by atoms with Gasteiger partial charge in [0.25, 0.3) is 0 Å². The van der Waals surface area contributed by atoms with Crippen LogP contribution in [0.1, 0.15) is 31.2 Å². The third kappa shape index (κ3) is 3.83. The molecule has 0 radical (unpaired) electrons. The van der Waals surface area contributed by atoms with Gasteiger partial charge < -0.3 is 5.11 Å². The van der Waals surface area contributed by atoms with Gasteiger partial charge in [0.05, 0.1) is 6.61 Å². The van der Waals surface area contributed by atoms with Gasteiger partial charge >= 0.3 is 0 Å². The summed E-state index contributed by atoms with van der Waals surface area (Å²) in [4.78, 5) is 2.46. The summed E-state index contributed by atoms with van der Waals surface area (Å²) >= 11 is 0. The predicted molar refractivity (Wildman–Crippen MR) is 71.1 cm³/mol. The van der Waals surface area contributed by atoms with Crippen molar-refractivity contribution in [2.75, 3.05) is 19.7 Å². The number of hydrogen-bond donors (Lipinski definition) is 1. The Bertz CT molecular complexity index is 312. The lowest BCUT2D eigenvalue weighted by Crippen LogP contribution is -2.42. The number of aliphatic hydroxyl groups is 1. The van der Waals surface area contributed by atoms with Gasteiger partial charge in [0.15, 0.2) is 0 Å². The summed E-state index contributed by atoms with van der Waals surface area (Å²) < 4.78 is 0. The van der Waals surface area contributed by atoms with Crippen LogP contribution in [0.3, 0.4) is 0 Å². The first-order chi connectivity index (χ1) is 8.40. The van der Waals surface area contributed by atoms with E-state index in [0.717, 1.165) is 13.0 Å². The van der Waals surface area contributed by atoms with E-state index in [2.05, 4.69) is 35.2 Å². The van der Waals surface area contributed by atoms with Gasteiger partial charge in [-0.1, -0.05) is 36.8 Å². The molecule has 2 nitrogen and oxygen atoms in total. The highest BCUT2D eigenvalue weighted by molar-refractivity contribution is 5.14. The zero-order chi connectivity index (χ0) is 11.9. The normalized spacial score (nSPS) is 21.6. The minimum atomic E-state index is 0.325. The van der Waals surface area contributed by atoms with Crippen LogP contribution < -0.4 is 0 Å². The van der Waals surface area contributed by atoms with Crippen molar-refractivity contribution in [3.63, 3.8) is 0 Å². The molecule has 0 aliphatic carbocycles. The number of piperidine rings is 1. The van der Waals surface area contributed by atoms with Crippen molar-refractivity contribution in [3.8, 4) is 0 Å². The number of likely N-dealkylation sites (tertiary alicyclic amines) is 1. The minimum Gasteiger partial charge on any atom is -0.395 e. The average Bonchev–Trinajstić information content (AvgIpc) is 2.40. The van der Waals surface area contributed by atoms with E-state index in [-0.39, 0.29) is 0 Å². The lowest BCUT2D eigenvalue weighted by molar-refractivity contribution is 0.0893. The SMILES string of the molecule is OC[C@@H]1CCCCN1CCCc1ccccc1. The molecule has 0 spiro atoms. The lowest BCUT2D eigenvalue weighted by Gasteiger charge is -2.34. The van der Waals surface area contributed by atoms with E-state index in [0.29, 0.717) is 12.6 Å². The largest absolute Gasteiger partial charge is 0.395 e. The van der Waals surface area contributed by atoms with Crippen LogP contribution in [-0.2, 0) is 6.42 Å². The maximum atomic E-state index is 9.34. The maximum absolute atomic E-state index is 9.34. The molecular formula is C15H23NO. The third-order valence-corrected chi connectivity index (χ3v) is 3.71. The molecule has 1 aromatic carbocycles. The molecule has 0 unspecified atom stereocenters. The molecule has 1 heterocycles. The van der Waals surface area contributed by atoms with Crippen LogP contribution in [0.5, 0.6) is 0 Å². The number of hydrogen-bond acceptors (Lipinski definition) is 2. The van der Waals surface area contributed by atoms with Crippen LogP contribution in [0, 0.1) is 0 Å². The van der Waals surface area contributed by atoms with E-state index in [1.165, 1.54) is 37.8 Å². The summed E-state index contributed by atoms with van der Waals surface area (Å²) in [5, 5.41) is 9.34. The molecule has 1 atom stereocenters. The first-order valence-electron chi connectivity index (χ1n) is 6.79. The highest BCUT2D eigenvalue weighted by atomic mass is 16.3. The summed E-state index contributed by atoms with van der Waals surface area (Å²) in [5.41, 5.74) is 1.42. The maximum Gasteiger partial charge on any atom is 0.0586 e. The van der Waals surface area contributed by atoms with Gasteiger partial charge in [-0.25, -0.2) is 0 Å². The van der Waals surface area contributed by atoms with E-state index in [1.807, 2.05) is 0 Å². The van der Waals surface area contributed by atoms with Gasteiger partial charge in [-0.2, -0.15) is 0 Å². The molecule has 17 heavy (non-hydrogen) atoms. The zero-order valence-corrected chi connectivity index (χ0v) is 10.5. The Hall–Kier alpha value is -0.860. The number of benzene rings is 1. The minimum absolute atomic E-state index is 0.325. The van der Waals surface area contributed by atoms with Crippen molar-refractivity contribution >= 4 is 0 Å². The summed E-state index contributed by atoms with van der Waals surface area (Å²) in [6, 6.07) is 11.1. The van der Waals surface area contributed by atoms with Crippen molar-refractivity contribution < 1.29 is 5.11 Å². The molecule has 1 saturated heterocycles. The van der Waals surface area contributed by atoms with E-state index in [1.54, 1.807) is 0 Å². The van der Waals surface area contributed by atoms with Crippen LogP contribution in [0.15, 0.2) is 30.3 Å². The van der Waals surface area contributed by atoms with Crippen molar-refractivity contribution in [3.05, 3.63) is 35.9 Å². The van der Waals surface area contributed by atoms with Crippen LogP contribution in [0.25, 0.3) is 0 Å². The standard InChI is InChI=1S/C15H23NO/c17-13-15-10-4-5-11-16(15)12-6-9-14-7-2-1-3-8-14/h1-3,7-8,15,17H,4-6,9-13H2/t15-/m0/s1. The van der Waals surface area contributed by atoms with Crippen LogP contribution in [0.2, 0.25) is 0 Å². The van der Waals surface area contributed by atoms with Crippen molar-refractivity contribution in [2.24, 2.45) is 0 Å². The molecule has 1 N–H and O–H groups in total. The summed E-state index contributed by atoms with van der Waals surface area (Å²) in [6.45, 7) is 2.62. The molecular weight excluding hydrogens is 210 g/mol. The zero-order valence-electron chi connectivity index (χ0n) is 10.5. The molecule has 1 aliphatic rings. The highest BCUT2D eigenvalue weighted by Gasteiger charge is 2.20. The Morgan fingerprint density at radius 2 is 2.00 bits per heavy atom. The predicted octanol–water partition coefficient (Wildman–Crippen LogP) is 2.47. The first-order valence-corrected chi connectivity index (χ1v) is 6.79. The average molecular weight is 233 g/mol. The first kappa shape index (κ1) is 12.6. The van der Waals surface area contributed by atoms with E-state index in [4.69, 9.17) is 0 Å². The fraction of sp³-hybridized carbons (Fsp3) is 0.600. The lowest BCUT2D eigenvalue weighted by atomic mass is 10.0. The smallest absolute Gasteiger partial charge is 0.0586 e. The summed E-state index contributed by atoms with van der Waals surface area (Å²) in [6.07, 6.45) is 6.08. The van der Waals surface area contributed by atoms with E-state index < -0.39 is 0 Å². The summed E-state index contributed by atoms with van der Waals surface area (Å²) in [7, 11) is 0. The van der Waals surface area contributed by atoms with Crippen molar-refractivity contribution in [1.29, 1.82) is 0 Å². The molecule has 1 fully saturated rings. The Morgan fingerprint density at radius 1 is 1.18 bits per heavy atom. The Kier molecular flexibility index (Phi) is 5.02.